The maximum atomic E-state index is 12.1. The van der Waals surface area contributed by atoms with E-state index >= 15 is 0 Å². The molecule has 0 spiro atoms. The lowest BCUT2D eigenvalue weighted by Gasteiger charge is -2.41. The van der Waals surface area contributed by atoms with Crippen molar-refractivity contribution in [1.82, 2.24) is 20.5 Å². The van der Waals surface area contributed by atoms with Crippen LogP contribution < -0.4 is 5.32 Å². The molecule has 5 rings (SSSR count). The number of benzene rings is 3. The molecular formula is C30H29Cl3N4O4S. The van der Waals surface area contributed by atoms with Crippen LogP contribution in [0.15, 0.2) is 84.3 Å². The average molecular weight is 648 g/mol. The lowest BCUT2D eigenvalue weighted by Crippen LogP contribution is -2.38. The van der Waals surface area contributed by atoms with Gasteiger partial charge in [-0.1, -0.05) is 126 Å². The number of hydrogen-bond donors (Lipinski definition) is 3. The van der Waals surface area contributed by atoms with Gasteiger partial charge in [-0.3, -0.25) is 9.89 Å². The Bertz CT molecular complexity index is 1470. The first kappa shape index (κ1) is 30.8. The van der Waals surface area contributed by atoms with Crippen molar-refractivity contribution in [3.8, 4) is 11.1 Å². The van der Waals surface area contributed by atoms with Gasteiger partial charge in [0.2, 0.25) is 0 Å². The summed E-state index contributed by atoms with van der Waals surface area (Å²) in [6, 6.07) is 23.5. The Balaban J connectivity index is 1.36. The first-order valence-electron chi connectivity index (χ1n) is 13.2. The second kappa shape index (κ2) is 13.8. The highest BCUT2D eigenvalue weighted by Gasteiger charge is 2.38. The smallest absolute Gasteiger partial charge is 0.272 e. The monoisotopic (exact) mass is 646 g/mol. The Morgan fingerprint density at radius 1 is 1.02 bits per heavy atom. The number of rotatable bonds is 9. The third-order valence-corrected chi connectivity index (χ3v) is 8.59. The Morgan fingerprint density at radius 3 is 2.40 bits per heavy atom. The number of halogens is 3. The molecule has 4 aromatic rings. The van der Waals surface area contributed by atoms with E-state index in [2.05, 4.69) is 27.4 Å². The number of aliphatic hydroxyl groups excluding tert-OH is 1. The molecule has 220 valence electrons. The first-order chi connectivity index (χ1) is 20.2. The third kappa shape index (κ3) is 7.47. The summed E-state index contributed by atoms with van der Waals surface area (Å²) in [5.74, 6) is 0.0214. The number of aromatic nitrogens is 3. The van der Waals surface area contributed by atoms with Crippen LogP contribution in [0.2, 0.25) is 0 Å². The normalized spacial score (nSPS) is 20.8. The van der Waals surface area contributed by atoms with Gasteiger partial charge in [0, 0.05) is 23.8 Å². The van der Waals surface area contributed by atoms with Gasteiger partial charge in [0.05, 0.1) is 18.8 Å². The van der Waals surface area contributed by atoms with Gasteiger partial charge in [0.25, 0.3) is 9.70 Å². The highest BCUT2D eigenvalue weighted by molar-refractivity contribution is 7.99. The van der Waals surface area contributed by atoms with Crippen molar-refractivity contribution in [3.05, 3.63) is 101 Å². The van der Waals surface area contributed by atoms with Gasteiger partial charge in [0.1, 0.15) is 6.33 Å². The Hall–Kier alpha value is -2.63. The molecule has 0 bridgehead atoms. The molecule has 4 unspecified atom stereocenters. The summed E-state index contributed by atoms with van der Waals surface area (Å²) in [5.41, 5.74) is 5.51. The molecule has 2 heterocycles. The van der Waals surface area contributed by atoms with Crippen molar-refractivity contribution in [1.29, 1.82) is 0 Å². The van der Waals surface area contributed by atoms with Crippen LogP contribution in [0.1, 0.15) is 41.6 Å². The van der Waals surface area contributed by atoms with Crippen molar-refractivity contribution >= 4 is 52.5 Å². The van der Waals surface area contributed by atoms with Gasteiger partial charge >= 0.3 is 0 Å². The number of amides is 1. The van der Waals surface area contributed by atoms with Crippen LogP contribution in [0.5, 0.6) is 0 Å². The molecule has 12 heteroatoms. The molecule has 1 aliphatic rings. The van der Waals surface area contributed by atoms with E-state index in [0.29, 0.717) is 5.75 Å². The van der Waals surface area contributed by atoms with Gasteiger partial charge in [0.15, 0.2) is 11.4 Å². The first-order valence-corrected chi connectivity index (χ1v) is 15.4. The number of carbonyl (C=O) groups excluding carboxylic acids is 1. The highest BCUT2D eigenvalue weighted by Crippen LogP contribution is 2.43. The fourth-order valence-electron chi connectivity index (χ4n) is 4.79. The Labute approximate surface area is 263 Å². The van der Waals surface area contributed by atoms with Gasteiger partial charge in [-0.15, -0.1) is 0 Å². The summed E-state index contributed by atoms with van der Waals surface area (Å²) < 4.78 is 11.0. The van der Waals surface area contributed by atoms with E-state index in [0.717, 1.165) is 38.5 Å². The summed E-state index contributed by atoms with van der Waals surface area (Å²) in [6.07, 6.45) is 0.526. The molecule has 0 aliphatic carbocycles. The van der Waals surface area contributed by atoms with Crippen LogP contribution in [0.25, 0.3) is 11.1 Å². The minimum absolute atomic E-state index is 0.0156. The molecule has 0 radical (unpaired) electrons. The molecule has 1 aromatic heterocycles. The maximum Gasteiger partial charge on any atom is 0.272 e. The molecule has 1 fully saturated rings. The number of alkyl halides is 3. The quantitative estimate of drug-likeness (QED) is 0.140. The SMILES string of the molecule is CC1C(CSc2ncn[nH]2)OC(c2ccc(-c3ccccc3CNC(=O)C(Cl)(Cl)Cl)cc2)OC1c1ccc(CO)cc1. The maximum absolute atomic E-state index is 12.1. The molecule has 1 saturated heterocycles. The average Bonchev–Trinajstić information content (AvgIpc) is 3.53. The van der Waals surface area contributed by atoms with Crippen molar-refractivity contribution in [2.75, 3.05) is 5.75 Å². The Kier molecular flexibility index (Phi) is 10.1. The van der Waals surface area contributed by atoms with Gasteiger partial charge in [-0.25, -0.2) is 4.98 Å². The Morgan fingerprint density at radius 2 is 1.74 bits per heavy atom. The summed E-state index contributed by atoms with van der Waals surface area (Å²) in [6.45, 7) is 2.31. The van der Waals surface area contributed by atoms with Crippen molar-refractivity contribution < 1.29 is 19.4 Å². The van der Waals surface area contributed by atoms with Crippen molar-refractivity contribution in [3.63, 3.8) is 0 Å². The molecular weight excluding hydrogens is 619 g/mol. The third-order valence-electron chi connectivity index (χ3n) is 7.11. The van der Waals surface area contributed by atoms with Crippen molar-refractivity contribution in [2.45, 2.75) is 47.5 Å². The summed E-state index contributed by atoms with van der Waals surface area (Å²) >= 11 is 18.7. The zero-order valence-corrected chi connectivity index (χ0v) is 25.6. The van der Waals surface area contributed by atoms with Crippen LogP contribution in [0.3, 0.4) is 0 Å². The van der Waals surface area contributed by atoms with E-state index in [4.69, 9.17) is 44.3 Å². The number of carbonyl (C=O) groups is 1. The van der Waals surface area contributed by atoms with Gasteiger partial charge in [-0.05, 0) is 27.8 Å². The molecule has 3 N–H and O–H groups in total. The zero-order chi connectivity index (χ0) is 29.7. The zero-order valence-electron chi connectivity index (χ0n) is 22.5. The van der Waals surface area contributed by atoms with E-state index in [-0.39, 0.29) is 31.3 Å². The summed E-state index contributed by atoms with van der Waals surface area (Å²) in [7, 11) is 0. The predicted octanol–water partition coefficient (Wildman–Crippen LogP) is 6.53. The van der Waals surface area contributed by atoms with Crippen molar-refractivity contribution in [2.24, 2.45) is 5.92 Å². The lowest BCUT2D eigenvalue weighted by molar-refractivity contribution is -0.268. The number of nitrogens with one attached hydrogen (secondary N) is 2. The second-order valence-electron chi connectivity index (χ2n) is 9.88. The number of H-pyrrole nitrogens is 1. The number of ether oxygens (including phenoxy) is 2. The van der Waals surface area contributed by atoms with Gasteiger partial charge < -0.3 is 19.9 Å². The van der Waals surface area contributed by atoms with Crippen LogP contribution in [-0.2, 0) is 27.4 Å². The predicted molar refractivity (Wildman–Crippen MR) is 164 cm³/mol. The van der Waals surface area contributed by atoms with Crippen LogP contribution in [-0.4, -0.2) is 41.8 Å². The minimum atomic E-state index is -2.03. The highest BCUT2D eigenvalue weighted by atomic mass is 35.6. The standard InChI is InChI=1S/C30H29Cl3N4O4S/c1-18-25(16-42-29-35-17-36-37-29)40-27(41-26(18)21-8-6-19(15-38)7-9-21)22-12-10-20(11-13-22)24-5-3-2-4-23(24)14-34-28(39)30(31,32)33/h2-13,17-18,25-27,38H,14-16H2,1H3,(H,34,39)(H,35,36,37). The molecule has 1 aliphatic heterocycles. The minimum Gasteiger partial charge on any atom is -0.392 e. The largest absolute Gasteiger partial charge is 0.392 e. The van der Waals surface area contributed by atoms with Crippen LogP contribution >= 0.6 is 46.6 Å². The van der Waals surface area contributed by atoms with E-state index in [1.165, 1.54) is 6.33 Å². The number of aliphatic hydroxyl groups is 1. The van der Waals surface area contributed by atoms with Gasteiger partial charge in [-0.2, -0.15) is 5.10 Å². The molecule has 4 atom stereocenters. The summed E-state index contributed by atoms with van der Waals surface area (Å²) in [4.78, 5) is 16.3. The van der Waals surface area contributed by atoms with E-state index in [1.807, 2.05) is 72.8 Å². The van der Waals surface area contributed by atoms with E-state index in [9.17, 15) is 9.90 Å². The topological polar surface area (TPSA) is 109 Å². The number of aromatic amines is 1. The molecule has 42 heavy (non-hydrogen) atoms. The second-order valence-corrected chi connectivity index (χ2v) is 13.2. The molecule has 1 amide bonds. The van der Waals surface area contributed by atoms with Crippen LogP contribution in [0.4, 0.5) is 0 Å². The van der Waals surface area contributed by atoms with Crippen LogP contribution in [0, 0.1) is 5.92 Å². The fourth-order valence-corrected chi connectivity index (χ4v) is 5.93. The molecule has 8 nitrogen and oxygen atoms in total. The molecule has 0 saturated carbocycles. The van der Waals surface area contributed by atoms with E-state index < -0.39 is 16.0 Å². The number of hydrogen-bond acceptors (Lipinski definition) is 7. The number of thioether (sulfide) groups is 1. The molecule has 3 aromatic carbocycles. The fraction of sp³-hybridized carbons (Fsp3) is 0.300. The number of nitrogens with zero attached hydrogens (tertiary/aromatic N) is 2. The summed E-state index contributed by atoms with van der Waals surface area (Å²) in [5, 5.41) is 19.7. The van der Waals surface area contributed by atoms with E-state index in [1.54, 1.807) is 11.8 Å². The lowest BCUT2D eigenvalue weighted by atomic mass is 9.91.